The average molecular weight is 334 g/mol. The zero-order valence-electron chi connectivity index (χ0n) is 12.9. The summed E-state index contributed by atoms with van der Waals surface area (Å²) in [4.78, 5) is 37.9. The largest absolute Gasteiger partial charge is 0.480 e. The molecule has 0 aliphatic carbocycles. The van der Waals surface area contributed by atoms with E-state index in [9.17, 15) is 19.5 Å². The highest BCUT2D eigenvalue weighted by Crippen LogP contribution is 2.48. The molecule has 1 aromatic carbocycles. The third-order valence-electron chi connectivity index (χ3n) is 4.23. The van der Waals surface area contributed by atoms with Gasteiger partial charge in [0.2, 0.25) is 5.91 Å². The number of carbonyl (C=O) groups excluding carboxylic acids is 2. The number of carboxylic acid groups (broad SMARTS) is 1. The van der Waals surface area contributed by atoms with E-state index in [4.69, 9.17) is 0 Å². The lowest BCUT2D eigenvalue weighted by molar-refractivity contribution is -0.143. The first kappa shape index (κ1) is 15.9. The van der Waals surface area contributed by atoms with Gasteiger partial charge in [-0.05, 0) is 17.5 Å². The molecule has 2 aliphatic heterocycles. The second kappa shape index (κ2) is 5.88. The van der Waals surface area contributed by atoms with Gasteiger partial charge in [-0.15, -0.1) is 11.8 Å². The van der Waals surface area contributed by atoms with E-state index in [-0.39, 0.29) is 17.2 Å². The summed E-state index contributed by atoms with van der Waals surface area (Å²) in [6, 6.07) is 5.76. The molecular formula is C16H18N2O4S. The third kappa shape index (κ3) is 2.59. The van der Waals surface area contributed by atoms with E-state index in [0.29, 0.717) is 11.3 Å². The fourth-order valence-electron chi connectivity index (χ4n) is 3.01. The van der Waals surface area contributed by atoms with Gasteiger partial charge in [0.15, 0.2) is 0 Å². The van der Waals surface area contributed by atoms with Crippen molar-refractivity contribution < 1.29 is 19.5 Å². The zero-order chi connectivity index (χ0) is 16.7. The molecule has 0 aromatic heterocycles. The van der Waals surface area contributed by atoms with Crippen LogP contribution >= 0.6 is 11.8 Å². The van der Waals surface area contributed by atoms with Gasteiger partial charge in [0.1, 0.15) is 17.5 Å². The minimum Gasteiger partial charge on any atom is -0.480 e. The van der Waals surface area contributed by atoms with Crippen LogP contribution in [0.5, 0.6) is 0 Å². The SMILES string of the molecule is CC(C)[C@H](NC(=O)[C@@H]1CS[C@H]2c3ccccc3C(=O)N12)C(=O)O. The molecule has 2 heterocycles. The van der Waals surface area contributed by atoms with Crippen molar-refractivity contribution in [2.75, 3.05) is 5.75 Å². The molecule has 6 nitrogen and oxygen atoms in total. The Morgan fingerprint density at radius 1 is 1.35 bits per heavy atom. The molecule has 0 bridgehead atoms. The number of amides is 2. The summed E-state index contributed by atoms with van der Waals surface area (Å²) in [5.74, 6) is -1.38. The number of rotatable bonds is 4. The molecule has 2 aliphatic rings. The molecule has 0 saturated carbocycles. The molecule has 3 atom stereocenters. The van der Waals surface area contributed by atoms with Crippen molar-refractivity contribution in [1.82, 2.24) is 10.2 Å². The number of aliphatic carboxylic acids is 1. The standard InChI is InChI=1S/C16H18N2O4S/c1-8(2)12(16(21)22)17-13(19)11-7-23-15-10-6-4-3-5-9(10)14(20)18(11)15/h3-6,8,11-12,15H,7H2,1-2H3,(H,17,19)(H,21,22)/t11-,12-,15-/m0/s1. The number of hydrogen-bond acceptors (Lipinski definition) is 4. The summed E-state index contributed by atoms with van der Waals surface area (Å²) < 4.78 is 0. The van der Waals surface area contributed by atoms with Crippen LogP contribution in [0, 0.1) is 5.92 Å². The number of nitrogens with one attached hydrogen (secondary N) is 1. The summed E-state index contributed by atoms with van der Waals surface area (Å²) in [7, 11) is 0. The Hall–Kier alpha value is -2.02. The van der Waals surface area contributed by atoms with Crippen LogP contribution in [0.2, 0.25) is 0 Å². The second-order valence-corrected chi connectivity index (χ2v) is 7.18. The van der Waals surface area contributed by atoms with Crippen molar-refractivity contribution >= 4 is 29.5 Å². The van der Waals surface area contributed by atoms with Gasteiger partial charge in [-0.3, -0.25) is 9.59 Å². The lowest BCUT2D eigenvalue weighted by Crippen LogP contribution is -2.52. The first-order valence-electron chi connectivity index (χ1n) is 7.48. The number of carboxylic acids is 1. The van der Waals surface area contributed by atoms with E-state index in [1.54, 1.807) is 30.9 Å². The van der Waals surface area contributed by atoms with E-state index in [1.165, 1.54) is 11.8 Å². The molecule has 0 radical (unpaired) electrons. The number of benzene rings is 1. The van der Waals surface area contributed by atoms with Crippen LogP contribution in [0.1, 0.15) is 35.1 Å². The van der Waals surface area contributed by atoms with Crippen LogP contribution in [0.4, 0.5) is 0 Å². The highest BCUT2D eigenvalue weighted by molar-refractivity contribution is 7.99. The molecule has 2 N–H and O–H groups in total. The first-order valence-corrected chi connectivity index (χ1v) is 8.53. The zero-order valence-corrected chi connectivity index (χ0v) is 13.7. The Labute approximate surface area is 138 Å². The molecule has 2 amide bonds. The Kier molecular flexibility index (Phi) is 4.06. The number of carbonyl (C=O) groups is 3. The normalized spacial score (nSPS) is 23.6. The molecule has 1 aromatic rings. The summed E-state index contributed by atoms with van der Waals surface area (Å²) in [6.07, 6.45) is 0. The summed E-state index contributed by atoms with van der Waals surface area (Å²) in [6.45, 7) is 3.48. The number of nitrogens with zero attached hydrogens (tertiary/aromatic N) is 1. The minimum atomic E-state index is -1.06. The van der Waals surface area contributed by atoms with E-state index >= 15 is 0 Å². The van der Waals surface area contributed by atoms with Crippen LogP contribution in [0.25, 0.3) is 0 Å². The predicted octanol–water partition coefficient (Wildman–Crippen LogP) is 1.48. The van der Waals surface area contributed by atoms with Crippen LogP contribution in [0.15, 0.2) is 24.3 Å². The molecule has 1 fully saturated rings. The molecular weight excluding hydrogens is 316 g/mol. The Morgan fingerprint density at radius 3 is 2.70 bits per heavy atom. The van der Waals surface area contributed by atoms with Crippen molar-refractivity contribution in [2.24, 2.45) is 5.92 Å². The monoisotopic (exact) mass is 334 g/mol. The average Bonchev–Trinajstić information content (AvgIpc) is 3.05. The maximum atomic E-state index is 12.6. The Bertz CT molecular complexity index is 676. The molecule has 122 valence electrons. The summed E-state index contributed by atoms with van der Waals surface area (Å²) in [5, 5.41) is 11.6. The van der Waals surface area contributed by atoms with Gasteiger partial charge < -0.3 is 15.3 Å². The minimum absolute atomic E-state index is 0.156. The highest BCUT2D eigenvalue weighted by atomic mass is 32.2. The van der Waals surface area contributed by atoms with Crippen molar-refractivity contribution in [2.45, 2.75) is 31.3 Å². The highest BCUT2D eigenvalue weighted by Gasteiger charge is 2.48. The lowest BCUT2D eigenvalue weighted by Gasteiger charge is -2.25. The van der Waals surface area contributed by atoms with Gasteiger partial charge in [-0.25, -0.2) is 4.79 Å². The van der Waals surface area contributed by atoms with Crippen molar-refractivity contribution in [3.05, 3.63) is 35.4 Å². The van der Waals surface area contributed by atoms with Gasteiger partial charge >= 0.3 is 5.97 Å². The predicted molar refractivity (Wildman–Crippen MR) is 86.0 cm³/mol. The third-order valence-corrected chi connectivity index (χ3v) is 5.53. The quantitative estimate of drug-likeness (QED) is 0.871. The Balaban J connectivity index is 1.80. The van der Waals surface area contributed by atoms with Crippen LogP contribution < -0.4 is 5.32 Å². The van der Waals surface area contributed by atoms with Gasteiger partial charge in [0, 0.05) is 11.3 Å². The maximum Gasteiger partial charge on any atom is 0.326 e. The maximum absolute atomic E-state index is 12.6. The van der Waals surface area contributed by atoms with E-state index in [0.717, 1.165) is 5.56 Å². The topological polar surface area (TPSA) is 86.7 Å². The van der Waals surface area contributed by atoms with Gasteiger partial charge in [-0.1, -0.05) is 32.0 Å². The lowest BCUT2D eigenvalue weighted by atomic mass is 10.0. The fourth-order valence-corrected chi connectivity index (χ4v) is 4.47. The Morgan fingerprint density at radius 2 is 2.04 bits per heavy atom. The van der Waals surface area contributed by atoms with Gasteiger partial charge in [0.25, 0.3) is 5.91 Å². The fraction of sp³-hybridized carbons (Fsp3) is 0.438. The molecule has 3 rings (SSSR count). The number of hydrogen-bond donors (Lipinski definition) is 2. The molecule has 23 heavy (non-hydrogen) atoms. The number of thioether (sulfide) groups is 1. The molecule has 0 spiro atoms. The van der Waals surface area contributed by atoms with Crippen LogP contribution in [-0.4, -0.2) is 45.6 Å². The van der Waals surface area contributed by atoms with Crippen molar-refractivity contribution in [3.63, 3.8) is 0 Å². The van der Waals surface area contributed by atoms with Crippen LogP contribution in [-0.2, 0) is 9.59 Å². The summed E-state index contributed by atoms with van der Waals surface area (Å²) >= 11 is 1.54. The summed E-state index contributed by atoms with van der Waals surface area (Å²) in [5.41, 5.74) is 1.55. The van der Waals surface area contributed by atoms with Gasteiger partial charge in [-0.2, -0.15) is 0 Å². The van der Waals surface area contributed by atoms with E-state index < -0.39 is 24.0 Å². The van der Waals surface area contributed by atoms with Gasteiger partial charge in [0.05, 0.1) is 0 Å². The van der Waals surface area contributed by atoms with E-state index in [2.05, 4.69) is 5.32 Å². The second-order valence-electron chi connectivity index (χ2n) is 6.07. The van der Waals surface area contributed by atoms with E-state index in [1.807, 2.05) is 12.1 Å². The van der Waals surface area contributed by atoms with Crippen molar-refractivity contribution in [3.8, 4) is 0 Å². The van der Waals surface area contributed by atoms with Crippen molar-refractivity contribution in [1.29, 1.82) is 0 Å². The molecule has 0 unspecified atom stereocenters. The molecule has 7 heteroatoms. The smallest absolute Gasteiger partial charge is 0.326 e. The number of fused-ring (bicyclic) bond motifs is 3. The molecule has 1 saturated heterocycles. The van der Waals surface area contributed by atoms with Crippen LogP contribution in [0.3, 0.4) is 0 Å². The first-order chi connectivity index (χ1) is 10.9.